The van der Waals surface area contributed by atoms with Gasteiger partial charge in [-0.05, 0) is 17.5 Å². The van der Waals surface area contributed by atoms with E-state index >= 15 is 0 Å². The number of alkyl halides is 3. The number of aliphatic carboxylic acids is 1. The number of carboxylic acids is 1. The van der Waals surface area contributed by atoms with Crippen molar-refractivity contribution in [3.05, 3.63) is 35.4 Å². The third-order valence-corrected chi connectivity index (χ3v) is 2.06. The predicted octanol–water partition coefficient (Wildman–Crippen LogP) is 2.81. The van der Waals surface area contributed by atoms with Crippen LogP contribution in [0.5, 0.6) is 0 Å². The van der Waals surface area contributed by atoms with Gasteiger partial charge < -0.3 is 5.11 Å². The maximum absolute atomic E-state index is 12.0. The number of carboxylic acid groups (broad SMARTS) is 1. The van der Waals surface area contributed by atoms with Crippen LogP contribution in [-0.2, 0) is 17.6 Å². The molecule has 0 saturated heterocycles. The second-order valence-electron chi connectivity index (χ2n) is 3.50. The summed E-state index contributed by atoms with van der Waals surface area (Å²) in [6.45, 7) is 0. The van der Waals surface area contributed by atoms with E-state index in [4.69, 9.17) is 5.11 Å². The molecule has 0 aliphatic rings. The van der Waals surface area contributed by atoms with Crippen molar-refractivity contribution in [1.29, 1.82) is 0 Å². The van der Waals surface area contributed by atoms with E-state index in [0.717, 1.165) is 5.56 Å². The van der Waals surface area contributed by atoms with E-state index in [0.29, 0.717) is 6.42 Å². The molecule has 0 aromatic heterocycles. The minimum absolute atomic E-state index is 0.0153. The Morgan fingerprint density at radius 1 is 1.12 bits per heavy atom. The van der Waals surface area contributed by atoms with Crippen LogP contribution in [0.25, 0.3) is 0 Å². The highest BCUT2D eigenvalue weighted by atomic mass is 19.4. The first-order valence-electron chi connectivity index (χ1n) is 4.73. The van der Waals surface area contributed by atoms with Crippen LogP contribution in [-0.4, -0.2) is 17.3 Å². The molecule has 5 heteroatoms. The smallest absolute Gasteiger partial charge is 0.393 e. The van der Waals surface area contributed by atoms with E-state index in [2.05, 4.69) is 0 Å². The van der Waals surface area contributed by atoms with Gasteiger partial charge in [-0.15, -0.1) is 0 Å². The van der Waals surface area contributed by atoms with Gasteiger partial charge in [0.1, 0.15) is 0 Å². The van der Waals surface area contributed by atoms with Crippen LogP contribution in [0.1, 0.15) is 17.5 Å². The first-order valence-corrected chi connectivity index (χ1v) is 4.73. The number of hydrogen-bond donors (Lipinski definition) is 1. The topological polar surface area (TPSA) is 37.3 Å². The SMILES string of the molecule is O=C(O)CCc1ccc(CC(F)(F)F)cc1. The molecule has 0 saturated carbocycles. The van der Waals surface area contributed by atoms with Gasteiger partial charge in [-0.3, -0.25) is 4.79 Å². The van der Waals surface area contributed by atoms with Crippen LogP contribution in [0, 0.1) is 0 Å². The van der Waals surface area contributed by atoms with Gasteiger partial charge in [0, 0.05) is 6.42 Å². The molecule has 0 fully saturated rings. The van der Waals surface area contributed by atoms with E-state index < -0.39 is 18.6 Å². The number of aryl methyl sites for hydroxylation is 1. The fraction of sp³-hybridized carbons (Fsp3) is 0.364. The summed E-state index contributed by atoms with van der Waals surface area (Å²) in [4.78, 5) is 10.3. The number of carbonyl (C=O) groups is 1. The molecule has 0 amide bonds. The molecular formula is C11H11F3O2. The molecule has 16 heavy (non-hydrogen) atoms. The Morgan fingerprint density at radius 2 is 1.62 bits per heavy atom. The fourth-order valence-corrected chi connectivity index (χ4v) is 1.31. The lowest BCUT2D eigenvalue weighted by molar-refractivity contribution is -0.137. The third-order valence-electron chi connectivity index (χ3n) is 2.06. The first-order chi connectivity index (χ1) is 7.37. The maximum Gasteiger partial charge on any atom is 0.393 e. The molecule has 1 rings (SSSR count). The Hall–Kier alpha value is -1.52. The molecule has 88 valence electrons. The summed E-state index contributed by atoms with van der Waals surface area (Å²) >= 11 is 0. The average Bonchev–Trinajstić information content (AvgIpc) is 2.14. The van der Waals surface area contributed by atoms with Crippen molar-refractivity contribution < 1.29 is 23.1 Å². The highest BCUT2D eigenvalue weighted by Crippen LogP contribution is 2.21. The van der Waals surface area contributed by atoms with Crippen LogP contribution in [0.2, 0.25) is 0 Å². The van der Waals surface area contributed by atoms with Crippen molar-refractivity contribution in [2.45, 2.75) is 25.4 Å². The normalized spacial score (nSPS) is 11.4. The summed E-state index contributed by atoms with van der Waals surface area (Å²) in [5.41, 5.74) is 0.917. The van der Waals surface area contributed by atoms with Gasteiger partial charge >= 0.3 is 12.1 Å². The molecule has 0 aliphatic carbocycles. The molecule has 0 radical (unpaired) electrons. The Labute approximate surface area is 90.7 Å². The highest BCUT2D eigenvalue weighted by molar-refractivity contribution is 5.67. The Bertz CT molecular complexity index is 354. The maximum atomic E-state index is 12.0. The summed E-state index contributed by atoms with van der Waals surface area (Å²) in [7, 11) is 0. The lowest BCUT2D eigenvalue weighted by Gasteiger charge is -2.06. The van der Waals surface area contributed by atoms with Crippen molar-refractivity contribution in [1.82, 2.24) is 0 Å². The summed E-state index contributed by atoms with van der Waals surface area (Å²) in [5.74, 6) is -0.917. The molecule has 1 aromatic carbocycles. The van der Waals surface area contributed by atoms with Crippen molar-refractivity contribution >= 4 is 5.97 Å². The molecular weight excluding hydrogens is 221 g/mol. The molecule has 0 aliphatic heterocycles. The largest absolute Gasteiger partial charge is 0.481 e. The van der Waals surface area contributed by atoms with Crippen molar-refractivity contribution in [3.8, 4) is 0 Å². The van der Waals surface area contributed by atoms with Gasteiger partial charge in [-0.1, -0.05) is 24.3 Å². The first kappa shape index (κ1) is 12.5. The zero-order valence-electron chi connectivity index (χ0n) is 8.42. The molecule has 0 unspecified atom stereocenters. The monoisotopic (exact) mass is 232 g/mol. The van der Waals surface area contributed by atoms with E-state index in [9.17, 15) is 18.0 Å². The summed E-state index contributed by atoms with van der Waals surface area (Å²) in [5, 5.41) is 8.43. The summed E-state index contributed by atoms with van der Waals surface area (Å²) in [6.07, 6.45) is -4.84. The third kappa shape index (κ3) is 4.82. The number of hydrogen-bond acceptors (Lipinski definition) is 1. The molecule has 1 N–H and O–H groups in total. The van der Waals surface area contributed by atoms with Gasteiger partial charge in [0.25, 0.3) is 0 Å². The van der Waals surface area contributed by atoms with Crippen LogP contribution in [0.4, 0.5) is 13.2 Å². The Balaban J connectivity index is 2.57. The summed E-state index contributed by atoms with van der Waals surface area (Å²) < 4.78 is 36.1. The minimum Gasteiger partial charge on any atom is -0.481 e. The van der Waals surface area contributed by atoms with Crippen LogP contribution in [0.15, 0.2) is 24.3 Å². The average molecular weight is 232 g/mol. The van der Waals surface area contributed by atoms with Gasteiger partial charge in [0.05, 0.1) is 6.42 Å². The van der Waals surface area contributed by atoms with Gasteiger partial charge in [-0.25, -0.2) is 0 Å². The lowest BCUT2D eigenvalue weighted by atomic mass is 10.1. The van der Waals surface area contributed by atoms with E-state index in [-0.39, 0.29) is 12.0 Å². The quantitative estimate of drug-likeness (QED) is 0.866. The van der Waals surface area contributed by atoms with Crippen LogP contribution < -0.4 is 0 Å². The van der Waals surface area contributed by atoms with Crippen LogP contribution >= 0.6 is 0 Å². The zero-order chi connectivity index (χ0) is 12.2. The molecule has 0 bridgehead atoms. The van der Waals surface area contributed by atoms with Gasteiger partial charge in [0.2, 0.25) is 0 Å². The minimum atomic E-state index is -4.21. The zero-order valence-corrected chi connectivity index (χ0v) is 8.42. The fourth-order valence-electron chi connectivity index (χ4n) is 1.31. The van der Waals surface area contributed by atoms with E-state index in [1.807, 2.05) is 0 Å². The van der Waals surface area contributed by atoms with Crippen molar-refractivity contribution in [2.75, 3.05) is 0 Å². The predicted molar refractivity (Wildman–Crippen MR) is 52.2 cm³/mol. The van der Waals surface area contributed by atoms with Crippen molar-refractivity contribution in [3.63, 3.8) is 0 Å². The summed E-state index contributed by atoms with van der Waals surface area (Å²) in [6, 6.07) is 5.82. The number of benzene rings is 1. The Morgan fingerprint density at radius 3 is 2.06 bits per heavy atom. The molecule has 2 nitrogen and oxygen atoms in total. The van der Waals surface area contributed by atoms with Gasteiger partial charge in [0.15, 0.2) is 0 Å². The number of halogens is 3. The van der Waals surface area contributed by atoms with Crippen molar-refractivity contribution in [2.24, 2.45) is 0 Å². The highest BCUT2D eigenvalue weighted by Gasteiger charge is 2.27. The van der Waals surface area contributed by atoms with Crippen LogP contribution in [0.3, 0.4) is 0 Å². The van der Waals surface area contributed by atoms with Gasteiger partial charge in [-0.2, -0.15) is 13.2 Å². The number of rotatable bonds is 4. The standard InChI is InChI=1S/C11H11F3O2/c12-11(13,14)7-9-3-1-8(2-4-9)5-6-10(15)16/h1-4H,5-7H2,(H,15,16). The van der Waals surface area contributed by atoms with E-state index in [1.165, 1.54) is 24.3 Å². The lowest BCUT2D eigenvalue weighted by Crippen LogP contribution is -2.11. The Kier molecular flexibility index (Phi) is 3.93. The van der Waals surface area contributed by atoms with E-state index in [1.54, 1.807) is 0 Å². The molecule has 1 aromatic rings. The molecule has 0 heterocycles. The second-order valence-corrected chi connectivity index (χ2v) is 3.50. The molecule has 0 atom stereocenters. The molecule has 0 spiro atoms. The second kappa shape index (κ2) is 5.01.